The third kappa shape index (κ3) is 6.57. The van der Waals surface area contributed by atoms with E-state index in [1.165, 1.54) is 4.68 Å². The molecule has 0 aliphatic carbocycles. The first kappa shape index (κ1) is 19.0. The molecule has 0 saturated heterocycles. The lowest BCUT2D eigenvalue weighted by molar-refractivity contribution is -0.122. The van der Waals surface area contributed by atoms with E-state index in [0.29, 0.717) is 38.0 Å². The number of carbonyl (C=O) groups is 1. The van der Waals surface area contributed by atoms with E-state index in [-0.39, 0.29) is 12.5 Å². The lowest BCUT2D eigenvalue weighted by Gasteiger charge is -2.11. The molecular weight excluding hydrogens is 325 g/mol. The largest absolute Gasteiger partial charge is 0.451 e. The van der Waals surface area contributed by atoms with Gasteiger partial charge in [0.25, 0.3) is 0 Å². The lowest BCUT2D eigenvalue weighted by atomic mass is 9.83. The molecule has 2 aromatic heterocycles. The summed E-state index contributed by atoms with van der Waals surface area (Å²) in [4.78, 5) is 16.0. The van der Waals surface area contributed by atoms with Gasteiger partial charge in [0.15, 0.2) is 5.82 Å². The Bertz CT molecular complexity index is 653. The van der Waals surface area contributed by atoms with E-state index < -0.39 is 13.2 Å². The first-order valence-corrected chi connectivity index (χ1v) is 8.09. The van der Waals surface area contributed by atoms with Gasteiger partial charge in [-0.15, -0.1) is 5.10 Å². The molecule has 25 heavy (non-hydrogen) atoms. The summed E-state index contributed by atoms with van der Waals surface area (Å²) in [5.41, 5.74) is 7.02. The van der Waals surface area contributed by atoms with Crippen LogP contribution in [0.3, 0.4) is 0 Å². The summed E-state index contributed by atoms with van der Waals surface area (Å²) in [5.74, 6) is 0.213. The van der Waals surface area contributed by atoms with Gasteiger partial charge in [-0.2, -0.15) is 0 Å². The second-order valence-electron chi connectivity index (χ2n) is 5.70. The third-order valence-electron chi connectivity index (χ3n) is 3.65. The van der Waals surface area contributed by atoms with Crippen LogP contribution in [0.2, 0.25) is 6.32 Å². The number of unbranched alkanes of at least 4 members (excludes halogenated alkanes) is 1. The van der Waals surface area contributed by atoms with Crippen molar-refractivity contribution in [3.8, 4) is 0 Å². The van der Waals surface area contributed by atoms with E-state index in [9.17, 15) is 4.79 Å². The molecule has 10 nitrogen and oxygen atoms in total. The molecule has 2 rings (SSSR count). The van der Waals surface area contributed by atoms with Gasteiger partial charge in [-0.3, -0.25) is 9.78 Å². The Hall–Kier alpha value is -2.37. The van der Waals surface area contributed by atoms with Gasteiger partial charge in [0, 0.05) is 18.9 Å². The SMILES string of the molecule is NC(CCCCB(O)O)c1nnnn1CC(=O)NCc1ccncc1. The minimum Gasteiger partial charge on any atom is -0.427 e. The summed E-state index contributed by atoms with van der Waals surface area (Å²) in [6.07, 6.45) is 5.56. The number of nitrogens with zero attached hydrogens (tertiary/aromatic N) is 5. The Morgan fingerprint density at radius 1 is 1.32 bits per heavy atom. The van der Waals surface area contributed by atoms with E-state index in [1.807, 2.05) is 12.1 Å². The molecule has 1 atom stereocenters. The van der Waals surface area contributed by atoms with Crippen molar-refractivity contribution in [2.45, 2.75) is 44.7 Å². The predicted molar refractivity (Wildman–Crippen MR) is 89.7 cm³/mol. The first-order valence-electron chi connectivity index (χ1n) is 8.09. The van der Waals surface area contributed by atoms with Crippen molar-refractivity contribution in [1.29, 1.82) is 0 Å². The summed E-state index contributed by atoms with van der Waals surface area (Å²) in [6, 6.07) is 3.23. The molecule has 0 aromatic carbocycles. The van der Waals surface area contributed by atoms with Gasteiger partial charge in [-0.1, -0.05) is 12.8 Å². The highest BCUT2D eigenvalue weighted by Gasteiger charge is 2.17. The predicted octanol–water partition coefficient (Wildman–Crippen LogP) is -0.973. The number of nitrogens with two attached hydrogens (primary N) is 1. The molecule has 0 spiro atoms. The second kappa shape index (κ2) is 9.82. The smallest absolute Gasteiger partial charge is 0.427 e. The molecule has 2 aromatic rings. The molecule has 0 radical (unpaired) electrons. The quantitative estimate of drug-likeness (QED) is 0.316. The Balaban J connectivity index is 1.80. The average molecular weight is 347 g/mol. The van der Waals surface area contributed by atoms with Crippen molar-refractivity contribution in [3.05, 3.63) is 35.9 Å². The summed E-state index contributed by atoms with van der Waals surface area (Å²) < 4.78 is 1.38. The number of nitrogens with one attached hydrogen (secondary N) is 1. The van der Waals surface area contributed by atoms with Crippen molar-refractivity contribution in [2.24, 2.45) is 5.73 Å². The Kier molecular flexibility index (Phi) is 7.45. The van der Waals surface area contributed by atoms with Gasteiger partial charge < -0.3 is 21.1 Å². The number of pyridine rings is 1. The third-order valence-corrected chi connectivity index (χ3v) is 3.65. The molecule has 0 aliphatic heterocycles. The van der Waals surface area contributed by atoms with E-state index in [4.69, 9.17) is 15.8 Å². The Morgan fingerprint density at radius 3 is 2.80 bits per heavy atom. The zero-order chi connectivity index (χ0) is 18.1. The van der Waals surface area contributed by atoms with Crippen LogP contribution in [0.25, 0.3) is 0 Å². The fraction of sp³-hybridized carbons (Fsp3) is 0.500. The normalized spacial score (nSPS) is 12.0. The van der Waals surface area contributed by atoms with Crippen LogP contribution in [-0.4, -0.2) is 48.3 Å². The van der Waals surface area contributed by atoms with Crippen LogP contribution < -0.4 is 11.1 Å². The monoisotopic (exact) mass is 347 g/mol. The lowest BCUT2D eigenvalue weighted by Crippen LogP contribution is -2.29. The maximum absolute atomic E-state index is 12.1. The van der Waals surface area contributed by atoms with Gasteiger partial charge in [0.1, 0.15) is 6.54 Å². The Labute approximate surface area is 145 Å². The van der Waals surface area contributed by atoms with Crippen LogP contribution >= 0.6 is 0 Å². The van der Waals surface area contributed by atoms with Crippen molar-refractivity contribution >= 4 is 13.0 Å². The molecule has 0 fully saturated rings. The second-order valence-corrected chi connectivity index (χ2v) is 5.70. The highest BCUT2D eigenvalue weighted by atomic mass is 16.4. The van der Waals surface area contributed by atoms with E-state index >= 15 is 0 Å². The van der Waals surface area contributed by atoms with Crippen LogP contribution in [0.15, 0.2) is 24.5 Å². The van der Waals surface area contributed by atoms with Crippen molar-refractivity contribution in [1.82, 2.24) is 30.5 Å². The molecule has 134 valence electrons. The van der Waals surface area contributed by atoms with Gasteiger partial charge >= 0.3 is 7.12 Å². The number of hydrogen-bond donors (Lipinski definition) is 4. The van der Waals surface area contributed by atoms with Gasteiger partial charge in [-0.25, -0.2) is 4.68 Å². The number of aromatic nitrogens is 5. The molecule has 5 N–H and O–H groups in total. The molecule has 2 heterocycles. The van der Waals surface area contributed by atoms with Crippen molar-refractivity contribution < 1.29 is 14.8 Å². The van der Waals surface area contributed by atoms with E-state index in [1.54, 1.807) is 12.4 Å². The topological polar surface area (TPSA) is 152 Å². The minimum absolute atomic E-state index is 0.0174. The van der Waals surface area contributed by atoms with Crippen molar-refractivity contribution in [3.63, 3.8) is 0 Å². The van der Waals surface area contributed by atoms with E-state index in [0.717, 1.165) is 5.56 Å². The number of carbonyl (C=O) groups excluding carboxylic acids is 1. The molecule has 0 bridgehead atoms. The number of tetrazole rings is 1. The molecule has 0 aliphatic rings. The van der Waals surface area contributed by atoms with Gasteiger partial charge in [0.05, 0.1) is 6.04 Å². The fourth-order valence-electron chi connectivity index (χ4n) is 2.30. The zero-order valence-electron chi connectivity index (χ0n) is 13.8. The zero-order valence-corrected chi connectivity index (χ0v) is 13.8. The highest BCUT2D eigenvalue weighted by Crippen LogP contribution is 2.14. The maximum atomic E-state index is 12.1. The van der Waals surface area contributed by atoms with Gasteiger partial charge in [-0.05, 0) is 40.9 Å². The van der Waals surface area contributed by atoms with Crippen molar-refractivity contribution in [2.75, 3.05) is 0 Å². The maximum Gasteiger partial charge on any atom is 0.451 e. The summed E-state index contributed by atoms with van der Waals surface area (Å²) in [6.45, 7) is 0.380. The summed E-state index contributed by atoms with van der Waals surface area (Å²) in [5, 5.41) is 31.7. The summed E-state index contributed by atoms with van der Waals surface area (Å²) in [7, 11) is -1.30. The standard InChI is InChI=1S/C14H22BN7O3/c16-12(3-1-2-6-15(24)25)14-19-20-21-22(14)10-13(23)18-9-11-4-7-17-8-5-11/h4-5,7-8,12,24-25H,1-3,6,9-10,16H2,(H,18,23). The number of hydrogen-bond acceptors (Lipinski definition) is 8. The van der Waals surface area contributed by atoms with Crippen LogP contribution in [0.5, 0.6) is 0 Å². The number of amides is 1. The van der Waals surface area contributed by atoms with Crippen LogP contribution in [0.4, 0.5) is 0 Å². The first-order chi connectivity index (χ1) is 12.1. The van der Waals surface area contributed by atoms with Crippen LogP contribution in [-0.2, 0) is 17.9 Å². The molecule has 0 saturated carbocycles. The minimum atomic E-state index is -1.30. The Morgan fingerprint density at radius 2 is 2.08 bits per heavy atom. The van der Waals surface area contributed by atoms with Gasteiger partial charge in [0.2, 0.25) is 5.91 Å². The van der Waals surface area contributed by atoms with E-state index in [2.05, 4.69) is 25.8 Å². The van der Waals surface area contributed by atoms with Crippen LogP contribution in [0.1, 0.15) is 36.7 Å². The highest BCUT2D eigenvalue weighted by molar-refractivity contribution is 6.40. The summed E-state index contributed by atoms with van der Waals surface area (Å²) >= 11 is 0. The molecular formula is C14H22BN7O3. The van der Waals surface area contributed by atoms with Crippen LogP contribution in [0, 0.1) is 0 Å². The molecule has 1 unspecified atom stereocenters. The fourth-order valence-corrected chi connectivity index (χ4v) is 2.30. The molecule has 1 amide bonds. The molecule has 11 heteroatoms. The number of rotatable bonds is 10. The average Bonchev–Trinajstić information content (AvgIpc) is 3.05.